The molecule has 6 aromatic rings. The van der Waals surface area contributed by atoms with Crippen molar-refractivity contribution in [3.63, 3.8) is 0 Å². The van der Waals surface area contributed by atoms with Crippen LogP contribution in [0.1, 0.15) is 68.4 Å². The molecule has 0 fully saturated rings. The molecule has 1 N–H and O–H groups in total. The number of para-hydroxylation sites is 2. The van der Waals surface area contributed by atoms with E-state index in [1.165, 1.54) is 0 Å². The third kappa shape index (κ3) is 5.32. The fourth-order valence-corrected chi connectivity index (χ4v) is 8.58. The van der Waals surface area contributed by atoms with E-state index >= 15 is 4.79 Å². The Bertz CT molecular complexity index is 2400. The van der Waals surface area contributed by atoms with E-state index < -0.39 is 5.50 Å². The summed E-state index contributed by atoms with van der Waals surface area (Å²) in [5.41, 5.74) is 10.5. The van der Waals surface area contributed by atoms with Gasteiger partial charge in [0.1, 0.15) is 22.6 Å². The molecule has 0 bridgehead atoms. The Kier molecular flexibility index (Phi) is 8.19. The molecule has 0 radical (unpaired) electrons. The second kappa shape index (κ2) is 12.5. The number of nitrogens with zero attached hydrogens (tertiary/aromatic N) is 5. The number of amides is 2. The summed E-state index contributed by atoms with van der Waals surface area (Å²) in [6.07, 6.45) is 1.35. The molecule has 0 saturated heterocycles. The Hall–Kier alpha value is -4.73. The Morgan fingerprint density at radius 2 is 1.73 bits per heavy atom. The minimum absolute atomic E-state index is 0.0567. The number of fused-ring (bicyclic) bond motifs is 6. The Balaban J connectivity index is 1.25. The summed E-state index contributed by atoms with van der Waals surface area (Å²) in [6, 6.07) is 18.0. The Morgan fingerprint density at radius 1 is 0.980 bits per heavy atom. The molecule has 2 amide bonds. The summed E-state index contributed by atoms with van der Waals surface area (Å²) in [7, 11) is 1.97. The van der Waals surface area contributed by atoms with Gasteiger partial charge in [-0.2, -0.15) is 5.10 Å². The van der Waals surface area contributed by atoms with Gasteiger partial charge in [0.25, 0.3) is 11.8 Å². The molecular weight excluding hydrogens is 683 g/mol. The van der Waals surface area contributed by atoms with Crippen LogP contribution in [0.3, 0.4) is 0 Å². The van der Waals surface area contributed by atoms with Gasteiger partial charge in [-0.05, 0) is 88.4 Å². The molecule has 3 aromatic heterocycles. The predicted octanol–water partition coefficient (Wildman–Crippen LogP) is 8.42. The van der Waals surface area contributed by atoms with E-state index in [4.69, 9.17) is 33.0 Å². The number of rotatable bonds is 7. The van der Waals surface area contributed by atoms with Crippen LogP contribution in [0.4, 0.5) is 5.69 Å². The minimum Gasteiger partial charge on any atom is -0.494 e. The number of hydrogen-bond acceptors (Lipinski definition) is 4. The van der Waals surface area contributed by atoms with Gasteiger partial charge in [0.05, 0.1) is 35.6 Å². The summed E-state index contributed by atoms with van der Waals surface area (Å²) in [6.45, 7) is 11.6. The van der Waals surface area contributed by atoms with Crippen molar-refractivity contribution >= 4 is 62.5 Å². The predicted molar refractivity (Wildman–Crippen MR) is 204 cm³/mol. The van der Waals surface area contributed by atoms with Gasteiger partial charge in [0.2, 0.25) is 0 Å². The molecule has 9 nitrogen and oxygen atoms in total. The Labute approximate surface area is 306 Å². The summed E-state index contributed by atoms with van der Waals surface area (Å²) in [4.78, 5) is 29.9. The lowest BCUT2D eigenvalue weighted by Crippen LogP contribution is -2.43. The lowest BCUT2D eigenvalue weighted by molar-refractivity contribution is 0.0920. The fourth-order valence-electron chi connectivity index (χ4n) is 8.24. The first-order valence-electron chi connectivity index (χ1n) is 17.4. The van der Waals surface area contributed by atoms with Gasteiger partial charge < -0.3 is 24.1 Å². The summed E-state index contributed by atoms with van der Waals surface area (Å²) >= 11 is 12.9. The quantitative estimate of drug-likeness (QED) is 0.102. The van der Waals surface area contributed by atoms with Crippen LogP contribution in [0, 0.1) is 27.7 Å². The van der Waals surface area contributed by atoms with E-state index in [2.05, 4.69) is 41.9 Å². The highest BCUT2D eigenvalue weighted by Gasteiger charge is 2.38. The number of carbonyl (C=O) groups is 2. The van der Waals surface area contributed by atoms with Crippen LogP contribution < -0.4 is 15.0 Å². The lowest BCUT2D eigenvalue weighted by atomic mass is 9.98. The highest BCUT2D eigenvalue weighted by atomic mass is 35.5. The third-order valence-electron chi connectivity index (χ3n) is 10.5. The number of halogens is 2. The van der Waals surface area contributed by atoms with Crippen LogP contribution in [0.2, 0.25) is 5.02 Å². The molecule has 0 aliphatic carbocycles. The molecule has 1 unspecified atom stereocenters. The monoisotopic (exact) mass is 722 g/mol. The first kappa shape index (κ1) is 33.4. The number of ether oxygens (including phenoxy) is 1. The molecule has 11 heteroatoms. The van der Waals surface area contributed by atoms with Crippen LogP contribution in [-0.2, 0) is 20.0 Å². The second-order valence-corrected chi connectivity index (χ2v) is 14.9. The van der Waals surface area contributed by atoms with Crippen LogP contribution in [-0.4, -0.2) is 49.4 Å². The van der Waals surface area contributed by atoms with E-state index in [-0.39, 0.29) is 17.9 Å². The molecule has 5 heterocycles. The minimum atomic E-state index is -0.542. The number of alkyl halides is 1. The SMILES string of the molecule is Cc1cc(OCCCc2c3n(c4c(-c5c(C)nn(C)c5C)cccc24)[C@H](C)CN(c2cccc4cc5n(c24)CC(Cl)NC5=O)C3=O)cc(C)c1Cl. The van der Waals surface area contributed by atoms with Crippen molar-refractivity contribution in [3.05, 3.63) is 99.1 Å². The molecule has 3 aromatic carbocycles. The first-order valence-corrected chi connectivity index (χ1v) is 18.2. The zero-order valence-electron chi connectivity index (χ0n) is 29.6. The van der Waals surface area contributed by atoms with Crippen molar-refractivity contribution < 1.29 is 14.3 Å². The third-order valence-corrected chi connectivity index (χ3v) is 11.4. The van der Waals surface area contributed by atoms with Gasteiger partial charge in [-0.1, -0.05) is 53.5 Å². The Morgan fingerprint density at radius 3 is 2.45 bits per heavy atom. The van der Waals surface area contributed by atoms with Crippen molar-refractivity contribution in [2.75, 3.05) is 18.1 Å². The highest BCUT2D eigenvalue weighted by molar-refractivity contribution is 6.32. The second-order valence-electron chi connectivity index (χ2n) is 14.0. The maximum Gasteiger partial charge on any atom is 0.275 e. The summed E-state index contributed by atoms with van der Waals surface area (Å²) in [5.74, 6) is 0.500. The van der Waals surface area contributed by atoms with Gasteiger partial charge in [-0.15, -0.1) is 0 Å². The molecular formula is C40H40Cl2N6O3. The lowest BCUT2D eigenvalue weighted by Gasteiger charge is -2.35. The molecule has 8 rings (SSSR count). The topological polar surface area (TPSA) is 86.3 Å². The van der Waals surface area contributed by atoms with Gasteiger partial charge in [-0.3, -0.25) is 14.3 Å². The van der Waals surface area contributed by atoms with Crippen LogP contribution in [0.25, 0.3) is 32.9 Å². The first-order chi connectivity index (χ1) is 24.4. The zero-order valence-corrected chi connectivity index (χ0v) is 31.1. The van der Waals surface area contributed by atoms with Crippen molar-refractivity contribution in [2.24, 2.45) is 7.05 Å². The average molecular weight is 724 g/mol. The van der Waals surface area contributed by atoms with Crippen molar-refractivity contribution in [3.8, 4) is 16.9 Å². The number of carbonyl (C=O) groups excluding carboxylic acids is 2. The number of benzene rings is 3. The molecule has 2 aliphatic heterocycles. The van der Waals surface area contributed by atoms with E-state index in [9.17, 15) is 4.79 Å². The van der Waals surface area contributed by atoms with Crippen molar-refractivity contribution in [2.45, 2.75) is 65.5 Å². The van der Waals surface area contributed by atoms with Crippen LogP contribution >= 0.6 is 23.2 Å². The van der Waals surface area contributed by atoms with Gasteiger partial charge >= 0.3 is 0 Å². The molecule has 51 heavy (non-hydrogen) atoms. The largest absolute Gasteiger partial charge is 0.494 e. The smallest absolute Gasteiger partial charge is 0.275 e. The molecule has 2 atom stereocenters. The van der Waals surface area contributed by atoms with E-state index in [0.717, 1.165) is 77.5 Å². The van der Waals surface area contributed by atoms with Gasteiger partial charge in [-0.25, -0.2) is 0 Å². The number of anilines is 1. The van der Waals surface area contributed by atoms with Gasteiger partial charge in [0, 0.05) is 52.3 Å². The normalized spacial score (nSPS) is 17.3. The standard InChI is InChI=1S/C40H40Cl2N6O3/c1-21-16-27(17-22(2)35(21)42)51-15-9-13-29-28-11-8-12-30(34-24(4)44-45(6)25(34)5)37(28)48-23(3)19-47(40(50)38(29)48)31-14-7-10-26-18-32-39(49)43-33(41)20-46(32)36(26)31/h7-8,10-12,14,16-18,23,33H,9,13,15,19-20H2,1-6H3,(H,43,49)/t23-,33?/m1/s1. The number of hydrogen-bond donors (Lipinski definition) is 1. The fraction of sp³-hybridized carbons (Fsp3) is 0.325. The van der Waals surface area contributed by atoms with E-state index in [1.807, 2.05) is 78.4 Å². The summed E-state index contributed by atoms with van der Waals surface area (Å²) < 4.78 is 12.4. The number of aromatic nitrogens is 4. The molecule has 2 aliphatic rings. The highest BCUT2D eigenvalue weighted by Crippen LogP contribution is 2.43. The molecule has 0 saturated carbocycles. The van der Waals surface area contributed by atoms with Crippen LogP contribution in [0.15, 0.2) is 54.6 Å². The maximum absolute atomic E-state index is 15.1. The number of aryl methyl sites for hydroxylation is 5. The molecule has 262 valence electrons. The average Bonchev–Trinajstić information content (AvgIpc) is 3.72. The molecule has 0 spiro atoms. The van der Waals surface area contributed by atoms with Crippen LogP contribution in [0.5, 0.6) is 5.75 Å². The van der Waals surface area contributed by atoms with Gasteiger partial charge in [0.15, 0.2) is 0 Å². The van der Waals surface area contributed by atoms with E-state index in [1.54, 1.807) is 0 Å². The summed E-state index contributed by atoms with van der Waals surface area (Å²) in [5, 5.41) is 10.3. The maximum atomic E-state index is 15.1. The van der Waals surface area contributed by atoms with Crippen molar-refractivity contribution in [1.29, 1.82) is 0 Å². The van der Waals surface area contributed by atoms with Crippen molar-refractivity contribution in [1.82, 2.24) is 24.2 Å². The zero-order chi connectivity index (χ0) is 35.9. The van der Waals surface area contributed by atoms with E-state index in [0.29, 0.717) is 43.9 Å². The number of nitrogens with one attached hydrogen (secondary N) is 1.